The van der Waals surface area contributed by atoms with Gasteiger partial charge in [0.1, 0.15) is 11.6 Å². The Hall–Kier alpha value is -1.49. The largest absolute Gasteiger partial charge is 0.383 e. The van der Waals surface area contributed by atoms with E-state index in [4.69, 9.17) is 5.73 Å². The molecule has 0 saturated carbocycles. The first-order chi connectivity index (χ1) is 7.16. The summed E-state index contributed by atoms with van der Waals surface area (Å²) in [6.07, 6.45) is 1.54. The highest BCUT2D eigenvalue weighted by Gasteiger charge is 2.04. The summed E-state index contributed by atoms with van der Waals surface area (Å²) in [5.41, 5.74) is 6.21. The zero-order valence-electron chi connectivity index (χ0n) is 7.61. The van der Waals surface area contributed by atoms with E-state index < -0.39 is 0 Å². The van der Waals surface area contributed by atoms with Gasteiger partial charge in [-0.25, -0.2) is 14.4 Å². The molecule has 0 bridgehead atoms. The SMILES string of the molecule is Nc1nc(-c2cccc(F)c2)ncc1Br. The van der Waals surface area contributed by atoms with Gasteiger partial charge in [-0.1, -0.05) is 12.1 Å². The first kappa shape index (κ1) is 10.0. The number of anilines is 1. The van der Waals surface area contributed by atoms with Crippen LogP contribution in [0.2, 0.25) is 0 Å². The van der Waals surface area contributed by atoms with Crippen LogP contribution in [0.25, 0.3) is 11.4 Å². The molecule has 0 fully saturated rings. The number of nitrogens with two attached hydrogens (primary N) is 1. The first-order valence-corrected chi connectivity index (χ1v) is 5.00. The highest BCUT2D eigenvalue weighted by Crippen LogP contribution is 2.21. The van der Waals surface area contributed by atoms with Crippen LogP contribution in [0.3, 0.4) is 0 Å². The molecule has 0 aliphatic heterocycles. The predicted octanol–water partition coefficient (Wildman–Crippen LogP) is 2.63. The van der Waals surface area contributed by atoms with Crippen molar-refractivity contribution in [3.63, 3.8) is 0 Å². The van der Waals surface area contributed by atoms with Crippen molar-refractivity contribution in [1.29, 1.82) is 0 Å². The van der Waals surface area contributed by atoms with E-state index in [2.05, 4.69) is 25.9 Å². The Labute approximate surface area is 94.3 Å². The van der Waals surface area contributed by atoms with Crippen LogP contribution in [-0.2, 0) is 0 Å². The Morgan fingerprint density at radius 3 is 2.80 bits per heavy atom. The van der Waals surface area contributed by atoms with Crippen LogP contribution in [0.4, 0.5) is 10.2 Å². The van der Waals surface area contributed by atoms with E-state index in [0.717, 1.165) is 0 Å². The molecular weight excluding hydrogens is 261 g/mol. The van der Waals surface area contributed by atoms with Gasteiger partial charge in [0, 0.05) is 11.8 Å². The van der Waals surface area contributed by atoms with Crippen LogP contribution >= 0.6 is 15.9 Å². The maximum absolute atomic E-state index is 12.9. The summed E-state index contributed by atoms with van der Waals surface area (Å²) < 4.78 is 13.6. The third kappa shape index (κ3) is 2.12. The lowest BCUT2D eigenvalue weighted by atomic mass is 10.2. The van der Waals surface area contributed by atoms with E-state index in [1.54, 1.807) is 18.3 Å². The van der Waals surface area contributed by atoms with Gasteiger partial charge in [0.25, 0.3) is 0 Å². The molecule has 5 heteroatoms. The van der Waals surface area contributed by atoms with Crippen molar-refractivity contribution >= 4 is 21.7 Å². The van der Waals surface area contributed by atoms with Crippen LogP contribution in [0, 0.1) is 5.82 Å². The van der Waals surface area contributed by atoms with Crippen LogP contribution in [0.15, 0.2) is 34.9 Å². The number of halogens is 2. The molecule has 2 rings (SSSR count). The minimum Gasteiger partial charge on any atom is -0.383 e. The van der Waals surface area contributed by atoms with Gasteiger partial charge >= 0.3 is 0 Å². The van der Waals surface area contributed by atoms with Crippen molar-refractivity contribution in [3.8, 4) is 11.4 Å². The molecule has 2 aromatic rings. The quantitative estimate of drug-likeness (QED) is 0.864. The molecule has 0 radical (unpaired) electrons. The molecule has 3 nitrogen and oxygen atoms in total. The molecule has 15 heavy (non-hydrogen) atoms. The summed E-state index contributed by atoms with van der Waals surface area (Å²) in [6, 6.07) is 6.06. The number of rotatable bonds is 1. The Morgan fingerprint density at radius 2 is 2.13 bits per heavy atom. The minimum atomic E-state index is -0.322. The molecule has 0 amide bonds. The summed E-state index contributed by atoms with van der Waals surface area (Å²) >= 11 is 3.19. The molecule has 0 atom stereocenters. The highest BCUT2D eigenvalue weighted by molar-refractivity contribution is 9.10. The predicted molar refractivity (Wildman–Crippen MR) is 59.5 cm³/mol. The van der Waals surface area contributed by atoms with Crippen molar-refractivity contribution in [2.45, 2.75) is 0 Å². The molecule has 2 N–H and O–H groups in total. The third-order valence-electron chi connectivity index (χ3n) is 1.85. The van der Waals surface area contributed by atoms with E-state index in [1.807, 2.05) is 0 Å². The molecule has 1 heterocycles. The number of nitrogen functional groups attached to an aromatic ring is 1. The molecule has 0 spiro atoms. The topological polar surface area (TPSA) is 51.8 Å². The lowest BCUT2D eigenvalue weighted by molar-refractivity contribution is 0.628. The van der Waals surface area contributed by atoms with E-state index in [9.17, 15) is 4.39 Å². The first-order valence-electron chi connectivity index (χ1n) is 4.21. The maximum Gasteiger partial charge on any atom is 0.161 e. The lowest BCUT2D eigenvalue weighted by Crippen LogP contribution is -1.96. The van der Waals surface area contributed by atoms with Crippen molar-refractivity contribution in [1.82, 2.24) is 9.97 Å². The normalized spacial score (nSPS) is 10.3. The molecular formula is C10H7BrFN3. The molecule has 0 aliphatic rings. The second kappa shape index (κ2) is 3.94. The van der Waals surface area contributed by atoms with Gasteiger partial charge in [-0.05, 0) is 28.1 Å². The van der Waals surface area contributed by atoms with Gasteiger partial charge in [-0.2, -0.15) is 0 Å². The minimum absolute atomic E-state index is 0.322. The lowest BCUT2D eigenvalue weighted by Gasteiger charge is -2.02. The molecule has 0 unspecified atom stereocenters. The monoisotopic (exact) mass is 267 g/mol. The number of hydrogen-bond acceptors (Lipinski definition) is 3. The molecule has 0 aliphatic carbocycles. The Kier molecular flexibility index (Phi) is 2.64. The summed E-state index contributed by atoms with van der Waals surface area (Å²) in [7, 11) is 0. The van der Waals surface area contributed by atoms with Crippen molar-refractivity contribution in [2.24, 2.45) is 0 Å². The van der Waals surface area contributed by atoms with E-state index in [0.29, 0.717) is 21.7 Å². The Bertz CT molecular complexity index is 502. The second-order valence-electron chi connectivity index (χ2n) is 2.94. The third-order valence-corrected chi connectivity index (χ3v) is 2.47. The summed E-state index contributed by atoms with van der Waals surface area (Å²) in [6.45, 7) is 0. The zero-order chi connectivity index (χ0) is 10.8. The smallest absolute Gasteiger partial charge is 0.161 e. The van der Waals surface area contributed by atoms with E-state index >= 15 is 0 Å². The molecule has 76 valence electrons. The number of hydrogen-bond donors (Lipinski definition) is 1. The average molecular weight is 268 g/mol. The molecule has 0 saturated heterocycles. The molecule has 1 aromatic carbocycles. The van der Waals surface area contributed by atoms with E-state index in [-0.39, 0.29) is 5.82 Å². The van der Waals surface area contributed by atoms with Crippen LogP contribution in [-0.4, -0.2) is 9.97 Å². The van der Waals surface area contributed by atoms with E-state index in [1.165, 1.54) is 12.1 Å². The fourth-order valence-electron chi connectivity index (χ4n) is 1.15. The summed E-state index contributed by atoms with van der Waals surface area (Å²) in [5.74, 6) is 0.428. The van der Waals surface area contributed by atoms with Gasteiger partial charge < -0.3 is 5.73 Å². The van der Waals surface area contributed by atoms with Gasteiger partial charge in [0.05, 0.1) is 4.47 Å². The van der Waals surface area contributed by atoms with Crippen LogP contribution in [0.5, 0.6) is 0 Å². The van der Waals surface area contributed by atoms with Gasteiger partial charge in [0.2, 0.25) is 0 Å². The van der Waals surface area contributed by atoms with Gasteiger partial charge in [-0.15, -0.1) is 0 Å². The molecule has 1 aromatic heterocycles. The maximum atomic E-state index is 12.9. The zero-order valence-corrected chi connectivity index (χ0v) is 9.20. The Morgan fingerprint density at radius 1 is 1.33 bits per heavy atom. The van der Waals surface area contributed by atoms with Crippen molar-refractivity contribution in [3.05, 3.63) is 40.8 Å². The summed E-state index contributed by atoms with van der Waals surface area (Å²) in [5, 5.41) is 0. The van der Waals surface area contributed by atoms with Crippen LogP contribution in [0.1, 0.15) is 0 Å². The van der Waals surface area contributed by atoms with Gasteiger partial charge in [0.15, 0.2) is 5.82 Å². The number of nitrogens with zero attached hydrogens (tertiary/aromatic N) is 2. The Balaban J connectivity index is 2.50. The summed E-state index contributed by atoms with van der Waals surface area (Å²) in [4.78, 5) is 8.08. The average Bonchev–Trinajstić information content (AvgIpc) is 2.22. The van der Waals surface area contributed by atoms with Crippen molar-refractivity contribution in [2.75, 3.05) is 5.73 Å². The highest BCUT2D eigenvalue weighted by atomic mass is 79.9. The number of benzene rings is 1. The van der Waals surface area contributed by atoms with Crippen LogP contribution < -0.4 is 5.73 Å². The van der Waals surface area contributed by atoms with Crippen molar-refractivity contribution < 1.29 is 4.39 Å². The standard InChI is InChI=1S/C10H7BrFN3/c11-8-5-14-10(15-9(8)13)6-2-1-3-7(12)4-6/h1-5H,(H2,13,14,15). The number of aromatic nitrogens is 2. The second-order valence-corrected chi connectivity index (χ2v) is 3.79. The fourth-order valence-corrected chi connectivity index (χ4v) is 1.34. The fraction of sp³-hybridized carbons (Fsp3) is 0. The van der Waals surface area contributed by atoms with Gasteiger partial charge in [-0.3, -0.25) is 0 Å².